The van der Waals surface area contributed by atoms with Crippen LogP contribution in [-0.2, 0) is 21.7 Å². The predicted molar refractivity (Wildman–Crippen MR) is 631 cm³/mol. The van der Waals surface area contributed by atoms with E-state index in [-0.39, 0.29) is 21.7 Å². The van der Waals surface area contributed by atoms with Crippen LogP contribution in [0.2, 0.25) is 0 Å². The molecule has 4 heteroatoms. The average Bonchev–Trinajstić information content (AvgIpc) is 1.58. The minimum Gasteiger partial charge on any atom is -0.354 e. The van der Waals surface area contributed by atoms with Crippen molar-refractivity contribution in [3.63, 3.8) is 0 Å². The Hall–Kier alpha value is -12.8. The molecule has 5 aliphatic rings. The summed E-state index contributed by atoms with van der Waals surface area (Å²) in [4.78, 5) is 17.1. The van der Waals surface area contributed by atoms with Gasteiger partial charge in [-0.3, -0.25) is 0 Å². The molecule has 148 heavy (non-hydrogen) atoms. The third-order valence-electron chi connectivity index (χ3n) is 35.7. The molecule has 0 saturated carbocycles. The lowest BCUT2D eigenvalue weighted by atomic mass is 9.70. The van der Waals surface area contributed by atoms with Gasteiger partial charge in [-0.2, -0.15) is 0 Å². The van der Waals surface area contributed by atoms with Gasteiger partial charge in [0.15, 0.2) is 0 Å². The lowest BCUT2D eigenvalue weighted by Gasteiger charge is -2.33. The van der Waals surface area contributed by atoms with Crippen LogP contribution in [0.15, 0.2) is 315 Å². The lowest BCUT2D eigenvalue weighted by Crippen LogP contribution is -2.25. The van der Waals surface area contributed by atoms with Crippen LogP contribution in [0.5, 0.6) is 0 Å². The number of unbranched alkanes of at least 4 members (excludes halogenated alkanes) is 24. The van der Waals surface area contributed by atoms with Crippen LogP contribution >= 0.6 is 0 Å². The van der Waals surface area contributed by atoms with Crippen molar-refractivity contribution in [1.82, 2.24) is 19.9 Å². The number of hydrogen-bond donors (Lipinski definition) is 4. The topological polar surface area (TPSA) is 63.2 Å². The number of benzene rings is 12. The normalized spacial score (nSPS) is 14.4. The van der Waals surface area contributed by atoms with E-state index < -0.39 is 0 Å². The second-order valence-electron chi connectivity index (χ2n) is 45.0. The highest BCUT2D eigenvalue weighted by Gasteiger charge is 2.47. The highest BCUT2D eigenvalue weighted by atomic mass is 14.8. The molecule has 8 bridgehead atoms. The van der Waals surface area contributed by atoms with Crippen LogP contribution < -0.4 is 21.4 Å². The Labute approximate surface area is 885 Å². The molecule has 4 aliphatic carbocycles. The van der Waals surface area contributed by atoms with Crippen LogP contribution in [0.25, 0.3) is 111 Å². The van der Waals surface area contributed by atoms with Crippen molar-refractivity contribution in [3.8, 4) is 89.0 Å². The first-order valence-electron chi connectivity index (χ1n) is 58.7. The maximum atomic E-state index is 4.28. The van der Waals surface area contributed by atoms with Crippen molar-refractivity contribution >= 4 is 22.3 Å². The van der Waals surface area contributed by atoms with Gasteiger partial charge in [0.05, 0.1) is 0 Å². The zero-order chi connectivity index (χ0) is 101. The van der Waals surface area contributed by atoms with Gasteiger partial charge in [-0.25, -0.2) is 0 Å². The summed E-state index contributed by atoms with van der Waals surface area (Å²) in [6, 6.07) is 125. The van der Waals surface area contributed by atoms with Gasteiger partial charge in [-0.15, -0.1) is 0 Å². The first kappa shape index (κ1) is 101. The number of H-pyrrole nitrogens is 4. The largest absolute Gasteiger partial charge is 0.354 e. The second-order valence-corrected chi connectivity index (χ2v) is 45.0. The van der Waals surface area contributed by atoms with Crippen LogP contribution in [0, 0.1) is 0 Å². The van der Waals surface area contributed by atoms with Gasteiger partial charge in [0.2, 0.25) is 0 Å². The molecule has 12 aromatic carbocycles. The third kappa shape index (κ3) is 19.8. The average molecular weight is 1950 g/mol. The van der Waals surface area contributed by atoms with E-state index in [1.807, 2.05) is 0 Å². The fourth-order valence-corrected chi connectivity index (χ4v) is 27.9. The van der Waals surface area contributed by atoms with Gasteiger partial charge < -0.3 is 19.9 Å². The summed E-state index contributed by atoms with van der Waals surface area (Å²) in [6.07, 6.45) is 49.7. The Bertz CT molecular complexity index is 6630. The Kier molecular flexibility index (Phi) is 31.5. The summed E-state index contributed by atoms with van der Waals surface area (Å²) < 4.78 is 0. The number of rotatable bonds is 48. The zero-order valence-electron chi connectivity index (χ0n) is 90.3. The number of aromatic nitrogens is 4. The molecule has 0 fully saturated rings. The smallest absolute Gasteiger partial charge is 0.0485 e. The van der Waals surface area contributed by atoms with E-state index >= 15 is 0 Å². The van der Waals surface area contributed by atoms with E-state index in [0.29, 0.717) is 0 Å². The molecule has 0 atom stereocenters. The molecule has 4 N–H and O–H groups in total. The van der Waals surface area contributed by atoms with E-state index in [0.717, 1.165) is 88.7 Å². The molecule has 0 radical (unpaired) electrons. The summed E-state index contributed by atoms with van der Waals surface area (Å²) in [6.45, 7) is 18.8. The first-order chi connectivity index (χ1) is 73.0. The lowest BCUT2D eigenvalue weighted by molar-refractivity contribution is 0.401. The van der Waals surface area contributed by atoms with Crippen LogP contribution in [0.1, 0.15) is 402 Å². The van der Waals surface area contributed by atoms with Crippen molar-refractivity contribution in [2.75, 3.05) is 0 Å². The Balaban J connectivity index is 0.735. The molecular formula is C144H160N4. The summed E-state index contributed by atoms with van der Waals surface area (Å²) in [5.74, 6) is 0. The van der Waals surface area contributed by atoms with E-state index in [1.54, 1.807) is 22.3 Å². The summed E-state index contributed by atoms with van der Waals surface area (Å²) >= 11 is 0. The summed E-state index contributed by atoms with van der Waals surface area (Å²) in [5.41, 5.74) is 46.7. The van der Waals surface area contributed by atoms with Gasteiger partial charge in [0.1, 0.15) is 0 Å². The quantitative estimate of drug-likeness (QED) is 0.0275. The van der Waals surface area contributed by atoms with Gasteiger partial charge in [-0.1, -0.05) is 504 Å². The van der Waals surface area contributed by atoms with Crippen molar-refractivity contribution < 1.29 is 0 Å². The Morgan fingerprint density at radius 3 is 0.500 bits per heavy atom. The maximum absolute atomic E-state index is 4.28. The van der Waals surface area contributed by atoms with E-state index in [4.69, 9.17) is 0 Å². The van der Waals surface area contributed by atoms with Crippen molar-refractivity contribution in [2.24, 2.45) is 0 Å². The van der Waals surface area contributed by atoms with Crippen molar-refractivity contribution in [2.45, 2.75) is 334 Å². The minimum absolute atomic E-state index is 0.0208. The van der Waals surface area contributed by atoms with Crippen molar-refractivity contribution in [3.05, 3.63) is 426 Å². The molecule has 0 spiro atoms. The van der Waals surface area contributed by atoms with E-state index in [9.17, 15) is 0 Å². The van der Waals surface area contributed by atoms with Gasteiger partial charge in [0, 0.05) is 88.1 Å². The van der Waals surface area contributed by atoms with Crippen LogP contribution in [0.3, 0.4) is 0 Å². The number of aromatic amines is 4. The molecule has 4 nitrogen and oxygen atoms in total. The summed E-state index contributed by atoms with van der Waals surface area (Å²) in [5, 5.41) is 4.12. The molecule has 21 rings (SSSR count). The number of nitrogens with one attached hydrogen (secondary N) is 4. The highest BCUT2D eigenvalue weighted by Crippen LogP contribution is 2.61. The van der Waals surface area contributed by atoms with Gasteiger partial charge in [0.25, 0.3) is 0 Å². The molecule has 756 valence electrons. The first-order valence-corrected chi connectivity index (χ1v) is 58.7. The molecule has 5 heterocycles. The van der Waals surface area contributed by atoms with Crippen LogP contribution in [0.4, 0.5) is 0 Å². The fourth-order valence-electron chi connectivity index (χ4n) is 27.9. The fraction of sp³-hybridized carbons (Fsp3) is 0.361. The predicted octanol–water partition coefficient (Wildman–Crippen LogP) is 37.8. The standard InChI is InChI=1S/C144H160N4/c1-9-17-25-41-89-141(90-42-26-18-10-2)121-53-37-33-49-113(121)117-77-73-109(97-125(117)141)101-57-65-105(66-58-101)137-129-81-83-131(145-129)138(106-67-59-102(60-68-106)110-74-78-118-114-50-34-38-54-122(114)142(126(118)98-110,91-43-27-19-11-3)92-44-28-20-12-4)133-85-87-135(147-133)140(108-71-63-104(64-72-108)112-76-80-120-116-52-36-40-56-124(116)144(128(120)100-112,95-47-31-23-15-7)96-48-32-24-16-8)136-88-86-134(148-136)139(132-84-82-130(137)146-132)107-69-61-103(62-70-107)111-75-79-119-115-51-35-39-55-123(115)143(127(119)99-111,93-45-29-21-13-5)94-46-30-22-14-6/h33-40,49-88,97-100,145-148H,9-32,41-48,89-96H2,1-8H3. The van der Waals surface area contributed by atoms with Crippen molar-refractivity contribution in [1.29, 1.82) is 0 Å². The monoisotopic (exact) mass is 1950 g/mol. The molecular weight excluding hydrogens is 1790 g/mol. The molecule has 1 aliphatic heterocycles. The molecule has 16 aromatic rings. The maximum Gasteiger partial charge on any atom is 0.0485 e. The molecule has 0 amide bonds. The Morgan fingerprint density at radius 2 is 0.311 bits per heavy atom. The zero-order valence-corrected chi connectivity index (χ0v) is 90.3. The number of hydrogen-bond acceptors (Lipinski definition) is 0. The SMILES string of the molecule is CCCCCCC1(CCCCCC)c2ccccc2-c2ccc(-c3ccc(C4=c5ccc([nH]5)=C(c5ccc(-c6ccc7c(c6)C(CCCCCC)(CCCCCC)c6ccccc6-7)cc5)c5ccc([nH]5)C(c5ccc(-c6ccc7c(c6)C(CCCCCC)(CCCCCC)c6ccccc6-7)cc5)=c5ccc([nH]5)=C(c5ccc(-c6ccc7c(c6)C(CCCCCC)(CCCCCC)c6ccccc6-7)cc5)c5ccc4[nH]5)cc3)cc21. The van der Waals surface area contributed by atoms with E-state index in [1.165, 1.54) is 368 Å². The number of fused-ring (bicyclic) bond motifs is 20. The van der Waals surface area contributed by atoms with E-state index in [2.05, 4.69) is 391 Å². The van der Waals surface area contributed by atoms with Crippen LogP contribution in [-0.4, -0.2) is 19.9 Å². The Morgan fingerprint density at radius 1 is 0.142 bits per heavy atom. The van der Waals surface area contributed by atoms with Gasteiger partial charge in [-0.05, 0) is 280 Å². The molecule has 4 aromatic heterocycles. The highest BCUT2D eigenvalue weighted by molar-refractivity contribution is 5.92. The second kappa shape index (κ2) is 46.2. The molecule has 0 unspecified atom stereocenters. The summed E-state index contributed by atoms with van der Waals surface area (Å²) in [7, 11) is 0. The minimum atomic E-state index is -0.0208. The molecule has 0 saturated heterocycles. The van der Waals surface area contributed by atoms with Gasteiger partial charge >= 0.3 is 0 Å². The third-order valence-corrected chi connectivity index (χ3v) is 35.7.